The molecule has 0 radical (unpaired) electrons. The number of thiazole rings is 1. The zero-order chi connectivity index (χ0) is 18.6. The Hall–Kier alpha value is -1.96. The number of ether oxygens (including phenoxy) is 1. The fourth-order valence-electron chi connectivity index (χ4n) is 3.46. The van der Waals surface area contributed by atoms with Gasteiger partial charge in [0.15, 0.2) is 5.13 Å². The van der Waals surface area contributed by atoms with Crippen LogP contribution >= 0.6 is 11.3 Å². The second-order valence-electron chi connectivity index (χ2n) is 7.22. The molecule has 0 saturated carbocycles. The third-order valence-corrected chi connectivity index (χ3v) is 6.14. The van der Waals surface area contributed by atoms with Crippen molar-refractivity contribution in [3.8, 4) is 0 Å². The van der Waals surface area contributed by atoms with E-state index in [1.54, 1.807) is 11.3 Å². The molecule has 27 heavy (non-hydrogen) atoms. The molecule has 1 aromatic carbocycles. The van der Waals surface area contributed by atoms with E-state index in [0.717, 1.165) is 51.1 Å². The Labute approximate surface area is 164 Å². The molecule has 0 N–H and O–H groups in total. The number of carbonyl (C=O) groups excluding carboxylic acids is 1. The van der Waals surface area contributed by atoms with Gasteiger partial charge in [0.25, 0.3) is 0 Å². The Morgan fingerprint density at radius 1 is 1.07 bits per heavy atom. The topological polar surface area (TPSA) is 48.9 Å². The van der Waals surface area contributed by atoms with E-state index in [0.29, 0.717) is 13.1 Å². The lowest BCUT2D eigenvalue weighted by Gasteiger charge is -2.34. The summed E-state index contributed by atoms with van der Waals surface area (Å²) >= 11 is 1.73. The molecule has 2 aliphatic heterocycles. The Kier molecular flexibility index (Phi) is 5.71. The van der Waals surface area contributed by atoms with Gasteiger partial charge in [-0.3, -0.25) is 9.69 Å². The summed E-state index contributed by atoms with van der Waals surface area (Å²) < 4.78 is 5.40. The maximum atomic E-state index is 12.6. The number of morpholine rings is 1. The molecule has 4 rings (SSSR count). The molecule has 0 aliphatic carbocycles. The molecule has 2 fully saturated rings. The van der Waals surface area contributed by atoms with Crippen molar-refractivity contribution in [2.45, 2.75) is 20.0 Å². The number of anilines is 1. The van der Waals surface area contributed by atoms with Gasteiger partial charge in [-0.25, -0.2) is 4.98 Å². The van der Waals surface area contributed by atoms with Gasteiger partial charge in [0.2, 0.25) is 5.91 Å². The predicted molar refractivity (Wildman–Crippen MR) is 107 cm³/mol. The molecule has 144 valence electrons. The van der Waals surface area contributed by atoms with Crippen molar-refractivity contribution in [3.05, 3.63) is 46.5 Å². The normalized spacial score (nSPS) is 18.9. The Morgan fingerprint density at radius 2 is 1.85 bits per heavy atom. The summed E-state index contributed by atoms with van der Waals surface area (Å²) in [7, 11) is 0. The molecular formula is C20H26N4O2S. The number of aromatic nitrogens is 1. The predicted octanol–water partition coefficient (Wildman–Crippen LogP) is 2.13. The van der Waals surface area contributed by atoms with E-state index in [2.05, 4.69) is 46.0 Å². The summed E-state index contributed by atoms with van der Waals surface area (Å²) in [6, 6.07) is 8.43. The van der Waals surface area contributed by atoms with Gasteiger partial charge in [0.1, 0.15) is 0 Å². The van der Waals surface area contributed by atoms with Crippen LogP contribution in [-0.2, 0) is 22.6 Å². The van der Waals surface area contributed by atoms with Crippen LogP contribution in [0, 0.1) is 6.92 Å². The van der Waals surface area contributed by atoms with E-state index in [9.17, 15) is 4.79 Å². The van der Waals surface area contributed by atoms with Crippen molar-refractivity contribution in [2.75, 3.05) is 50.8 Å². The molecule has 2 saturated heterocycles. The summed E-state index contributed by atoms with van der Waals surface area (Å²) in [4.78, 5) is 24.8. The first-order chi connectivity index (χ1) is 13.2. The molecule has 6 nitrogen and oxygen atoms in total. The first-order valence-electron chi connectivity index (χ1n) is 9.50. The van der Waals surface area contributed by atoms with E-state index >= 15 is 0 Å². The Bertz CT molecular complexity index is 771. The fraction of sp³-hybridized carbons (Fsp3) is 0.500. The summed E-state index contributed by atoms with van der Waals surface area (Å²) in [5.74, 6) is 0.208. The number of nitrogens with zero attached hydrogens (tertiary/aromatic N) is 4. The van der Waals surface area contributed by atoms with E-state index < -0.39 is 0 Å². The fourth-order valence-corrected chi connectivity index (χ4v) is 4.47. The van der Waals surface area contributed by atoms with E-state index in [-0.39, 0.29) is 5.91 Å². The van der Waals surface area contributed by atoms with E-state index in [1.807, 2.05) is 11.1 Å². The molecule has 7 heteroatoms. The third kappa shape index (κ3) is 4.66. The van der Waals surface area contributed by atoms with Crippen molar-refractivity contribution >= 4 is 22.4 Å². The third-order valence-electron chi connectivity index (χ3n) is 5.09. The summed E-state index contributed by atoms with van der Waals surface area (Å²) in [5.41, 5.74) is 2.44. The van der Waals surface area contributed by atoms with E-state index in [1.165, 1.54) is 16.0 Å². The van der Waals surface area contributed by atoms with Crippen LogP contribution in [0.4, 0.5) is 5.13 Å². The van der Waals surface area contributed by atoms with Crippen LogP contribution in [0.2, 0.25) is 0 Å². The summed E-state index contributed by atoms with van der Waals surface area (Å²) in [5, 5.41) is 1.07. The molecule has 2 aromatic rings. The molecule has 1 amide bonds. The van der Waals surface area contributed by atoms with Crippen molar-refractivity contribution < 1.29 is 9.53 Å². The van der Waals surface area contributed by atoms with Gasteiger partial charge in [0, 0.05) is 50.3 Å². The lowest BCUT2D eigenvalue weighted by molar-refractivity contribution is -0.136. The van der Waals surface area contributed by atoms with Crippen LogP contribution < -0.4 is 4.90 Å². The molecular weight excluding hydrogens is 360 g/mol. The molecule has 0 spiro atoms. The zero-order valence-corrected chi connectivity index (χ0v) is 16.6. The Morgan fingerprint density at radius 3 is 2.59 bits per heavy atom. The minimum Gasteiger partial charge on any atom is -0.378 e. The van der Waals surface area contributed by atoms with Gasteiger partial charge in [-0.2, -0.15) is 0 Å². The first-order valence-corrected chi connectivity index (χ1v) is 10.3. The monoisotopic (exact) mass is 386 g/mol. The highest BCUT2D eigenvalue weighted by Crippen LogP contribution is 2.25. The largest absolute Gasteiger partial charge is 0.378 e. The number of carbonyl (C=O) groups is 1. The van der Waals surface area contributed by atoms with Crippen LogP contribution in [0.1, 0.15) is 16.0 Å². The van der Waals surface area contributed by atoms with Crippen LogP contribution in [0.3, 0.4) is 0 Å². The number of hydrogen-bond donors (Lipinski definition) is 0. The quantitative estimate of drug-likeness (QED) is 0.788. The van der Waals surface area contributed by atoms with Crippen molar-refractivity contribution in [3.63, 3.8) is 0 Å². The maximum absolute atomic E-state index is 12.6. The van der Waals surface area contributed by atoms with Crippen molar-refractivity contribution in [1.29, 1.82) is 0 Å². The van der Waals surface area contributed by atoms with Gasteiger partial charge in [-0.1, -0.05) is 29.8 Å². The average Bonchev–Trinajstić information content (AvgIpc) is 3.15. The van der Waals surface area contributed by atoms with Crippen molar-refractivity contribution in [1.82, 2.24) is 14.8 Å². The van der Waals surface area contributed by atoms with Gasteiger partial charge in [-0.15, -0.1) is 11.3 Å². The highest BCUT2D eigenvalue weighted by atomic mass is 32.1. The van der Waals surface area contributed by atoms with Crippen LogP contribution in [0.15, 0.2) is 30.5 Å². The molecule has 3 heterocycles. The smallest absolute Gasteiger partial charge is 0.237 e. The number of hydrogen-bond acceptors (Lipinski definition) is 6. The second kappa shape index (κ2) is 8.37. The Balaban J connectivity index is 1.30. The molecule has 0 unspecified atom stereocenters. The first kappa shape index (κ1) is 18.4. The zero-order valence-electron chi connectivity index (χ0n) is 15.8. The van der Waals surface area contributed by atoms with E-state index in [4.69, 9.17) is 4.74 Å². The lowest BCUT2D eigenvalue weighted by atomic mass is 10.1. The average molecular weight is 387 g/mol. The number of benzene rings is 1. The van der Waals surface area contributed by atoms with Crippen molar-refractivity contribution in [2.24, 2.45) is 0 Å². The summed E-state index contributed by atoms with van der Waals surface area (Å²) in [6.07, 6.45) is 1.96. The molecule has 0 atom stereocenters. The minimum absolute atomic E-state index is 0.208. The van der Waals surface area contributed by atoms with Crippen LogP contribution in [0.5, 0.6) is 0 Å². The molecule has 2 aliphatic rings. The number of piperazine rings is 1. The minimum atomic E-state index is 0.208. The number of rotatable bonds is 5. The number of aryl methyl sites for hydroxylation is 1. The van der Waals surface area contributed by atoms with Crippen LogP contribution in [0.25, 0.3) is 0 Å². The van der Waals surface area contributed by atoms with Gasteiger partial charge < -0.3 is 14.5 Å². The van der Waals surface area contributed by atoms with Crippen LogP contribution in [-0.4, -0.2) is 66.6 Å². The highest BCUT2D eigenvalue weighted by Gasteiger charge is 2.25. The standard InChI is InChI=1S/C20H26N4O2S/c1-16-2-4-17(5-3-16)13-24-7-6-22(15-19(24)25)14-18-12-21-20(27-18)23-8-10-26-11-9-23/h2-5,12H,6-11,13-15H2,1H3. The van der Waals surface area contributed by atoms with Gasteiger partial charge >= 0.3 is 0 Å². The second-order valence-corrected chi connectivity index (χ2v) is 8.31. The highest BCUT2D eigenvalue weighted by molar-refractivity contribution is 7.15. The van der Waals surface area contributed by atoms with Gasteiger partial charge in [-0.05, 0) is 12.5 Å². The summed E-state index contributed by atoms with van der Waals surface area (Å²) in [6.45, 7) is 9.10. The maximum Gasteiger partial charge on any atom is 0.237 e. The molecule has 1 aromatic heterocycles. The SMILES string of the molecule is Cc1ccc(CN2CCN(Cc3cnc(N4CCOCC4)s3)CC2=O)cc1. The number of amides is 1. The molecule has 0 bridgehead atoms. The van der Waals surface area contributed by atoms with Gasteiger partial charge in [0.05, 0.1) is 19.8 Å². The lowest BCUT2D eigenvalue weighted by Crippen LogP contribution is -2.49.